The van der Waals surface area contributed by atoms with Gasteiger partial charge in [0.25, 0.3) is 5.91 Å². The number of benzene rings is 2. The minimum absolute atomic E-state index is 0.0797. The largest absolute Gasteiger partial charge is 0.497 e. The quantitative estimate of drug-likeness (QED) is 0.322. The van der Waals surface area contributed by atoms with Gasteiger partial charge in [-0.3, -0.25) is 14.7 Å². The molecule has 0 N–H and O–H groups in total. The molecule has 7 heteroatoms. The van der Waals surface area contributed by atoms with Crippen LogP contribution in [0.2, 0.25) is 0 Å². The van der Waals surface area contributed by atoms with Crippen molar-refractivity contribution in [1.29, 1.82) is 0 Å². The molecule has 0 bridgehead atoms. The molecule has 1 amide bonds. The van der Waals surface area contributed by atoms with E-state index in [0.29, 0.717) is 22.5 Å². The number of nitrogens with zero attached hydrogens (tertiary/aromatic N) is 3. The lowest BCUT2D eigenvalue weighted by Gasteiger charge is -2.20. The number of thioether (sulfide) groups is 1. The van der Waals surface area contributed by atoms with Crippen LogP contribution in [-0.2, 0) is 6.54 Å². The van der Waals surface area contributed by atoms with Crippen LogP contribution < -0.4 is 9.64 Å². The molecule has 0 aliphatic rings. The number of methoxy groups -OCH3 is 1. The molecular formula is C24H23N3O2S2. The molecule has 0 aliphatic heterocycles. The zero-order valence-electron chi connectivity index (χ0n) is 17.6. The summed E-state index contributed by atoms with van der Waals surface area (Å²) in [5.74, 6) is 0.665. The molecule has 31 heavy (non-hydrogen) atoms. The van der Waals surface area contributed by atoms with E-state index in [1.807, 2.05) is 54.6 Å². The smallest absolute Gasteiger partial charge is 0.260 e. The Balaban J connectivity index is 1.69. The maximum absolute atomic E-state index is 13.5. The Morgan fingerprint density at radius 2 is 1.84 bits per heavy atom. The van der Waals surface area contributed by atoms with Gasteiger partial charge in [-0.25, -0.2) is 4.98 Å². The lowest BCUT2D eigenvalue weighted by Crippen LogP contribution is -2.30. The molecule has 0 unspecified atom stereocenters. The second-order valence-corrected chi connectivity index (χ2v) is 9.93. The van der Waals surface area contributed by atoms with Gasteiger partial charge in [-0.1, -0.05) is 25.2 Å². The van der Waals surface area contributed by atoms with Gasteiger partial charge in [0.05, 0.1) is 23.9 Å². The Morgan fingerprint density at radius 1 is 1.10 bits per heavy atom. The van der Waals surface area contributed by atoms with Gasteiger partial charge in [-0.15, -0.1) is 11.8 Å². The van der Waals surface area contributed by atoms with Crippen molar-refractivity contribution < 1.29 is 9.53 Å². The molecule has 0 aliphatic carbocycles. The van der Waals surface area contributed by atoms with Crippen molar-refractivity contribution in [2.75, 3.05) is 12.0 Å². The van der Waals surface area contributed by atoms with Crippen LogP contribution in [0.25, 0.3) is 10.2 Å². The number of pyridine rings is 1. The molecular weight excluding hydrogens is 426 g/mol. The molecule has 2 heterocycles. The predicted octanol–water partition coefficient (Wildman–Crippen LogP) is 6.05. The molecule has 2 aromatic heterocycles. The molecule has 5 nitrogen and oxygen atoms in total. The minimum atomic E-state index is -0.0797. The van der Waals surface area contributed by atoms with Gasteiger partial charge in [0, 0.05) is 34.2 Å². The van der Waals surface area contributed by atoms with Gasteiger partial charge in [0.15, 0.2) is 5.13 Å². The third kappa shape index (κ3) is 5.06. The maximum atomic E-state index is 13.5. The summed E-state index contributed by atoms with van der Waals surface area (Å²) in [6.45, 7) is 4.73. The molecule has 0 atom stereocenters. The third-order valence-corrected chi connectivity index (χ3v) is 6.70. The van der Waals surface area contributed by atoms with Crippen LogP contribution in [0.15, 0.2) is 71.9 Å². The number of ether oxygens (including phenoxy) is 1. The molecule has 0 saturated heterocycles. The number of hydrogen-bond acceptors (Lipinski definition) is 6. The fourth-order valence-corrected chi connectivity index (χ4v) is 4.92. The van der Waals surface area contributed by atoms with Crippen LogP contribution in [-0.4, -0.2) is 28.2 Å². The number of anilines is 1. The van der Waals surface area contributed by atoms with E-state index >= 15 is 0 Å². The van der Waals surface area contributed by atoms with Crippen molar-refractivity contribution >= 4 is 44.4 Å². The van der Waals surface area contributed by atoms with E-state index in [-0.39, 0.29) is 5.91 Å². The van der Waals surface area contributed by atoms with Gasteiger partial charge in [-0.2, -0.15) is 0 Å². The number of rotatable bonds is 7. The average molecular weight is 450 g/mol. The molecule has 158 valence electrons. The zero-order valence-corrected chi connectivity index (χ0v) is 19.2. The molecule has 0 saturated carbocycles. The topological polar surface area (TPSA) is 55.3 Å². The van der Waals surface area contributed by atoms with Crippen LogP contribution >= 0.6 is 23.1 Å². The van der Waals surface area contributed by atoms with Gasteiger partial charge in [0.1, 0.15) is 5.75 Å². The van der Waals surface area contributed by atoms with Crippen LogP contribution in [0.4, 0.5) is 5.13 Å². The van der Waals surface area contributed by atoms with Gasteiger partial charge < -0.3 is 4.74 Å². The number of aromatic nitrogens is 2. The van der Waals surface area contributed by atoms with Crippen molar-refractivity contribution in [2.24, 2.45) is 0 Å². The highest BCUT2D eigenvalue weighted by molar-refractivity contribution is 7.99. The number of thiazole rings is 1. The van der Waals surface area contributed by atoms with Crippen molar-refractivity contribution in [2.45, 2.75) is 30.5 Å². The van der Waals surface area contributed by atoms with E-state index in [9.17, 15) is 4.79 Å². The molecule has 0 fully saturated rings. The summed E-state index contributed by atoms with van der Waals surface area (Å²) in [6, 6.07) is 17.4. The third-order valence-electron chi connectivity index (χ3n) is 4.62. The van der Waals surface area contributed by atoms with Gasteiger partial charge >= 0.3 is 0 Å². The highest BCUT2D eigenvalue weighted by Gasteiger charge is 2.22. The highest BCUT2D eigenvalue weighted by atomic mass is 32.2. The standard InChI is InChI=1S/C24H23N3O2S2/c1-16(2)30-20-7-4-18(5-8-20)23(28)27(15-17-10-12-25-13-11-17)24-26-21-14-19(29-3)6-9-22(21)31-24/h4-14,16H,15H2,1-3H3. The highest BCUT2D eigenvalue weighted by Crippen LogP contribution is 2.33. The summed E-state index contributed by atoms with van der Waals surface area (Å²) in [5.41, 5.74) is 2.45. The Kier molecular flexibility index (Phi) is 6.53. The van der Waals surface area contributed by atoms with E-state index in [1.54, 1.807) is 36.2 Å². The first-order valence-electron chi connectivity index (χ1n) is 9.95. The summed E-state index contributed by atoms with van der Waals surface area (Å²) in [4.78, 5) is 25.2. The Labute approximate surface area is 190 Å². The number of hydrogen-bond donors (Lipinski definition) is 0. The average Bonchev–Trinajstić information content (AvgIpc) is 3.20. The summed E-state index contributed by atoms with van der Waals surface area (Å²) in [7, 11) is 1.63. The van der Waals surface area contributed by atoms with Crippen LogP contribution in [0.5, 0.6) is 5.75 Å². The SMILES string of the molecule is COc1ccc2sc(N(Cc3ccncc3)C(=O)c3ccc(SC(C)C)cc3)nc2c1. The van der Waals surface area contributed by atoms with Crippen molar-refractivity contribution in [3.8, 4) is 5.75 Å². The van der Waals surface area contributed by atoms with Crippen molar-refractivity contribution in [1.82, 2.24) is 9.97 Å². The minimum Gasteiger partial charge on any atom is -0.497 e. The van der Waals surface area contributed by atoms with Crippen LogP contribution in [0.3, 0.4) is 0 Å². The monoisotopic (exact) mass is 449 g/mol. The zero-order chi connectivity index (χ0) is 21.8. The number of amides is 1. The maximum Gasteiger partial charge on any atom is 0.260 e. The predicted molar refractivity (Wildman–Crippen MR) is 128 cm³/mol. The van der Waals surface area contributed by atoms with Crippen LogP contribution in [0.1, 0.15) is 29.8 Å². The Hall–Kier alpha value is -2.90. The molecule has 4 rings (SSSR count). The molecule has 0 radical (unpaired) electrons. The number of fused-ring (bicyclic) bond motifs is 1. The number of carbonyl (C=O) groups excluding carboxylic acids is 1. The Morgan fingerprint density at radius 3 is 2.52 bits per heavy atom. The summed E-state index contributed by atoms with van der Waals surface area (Å²) >= 11 is 3.28. The summed E-state index contributed by atoms with van der Waals surface area (Å²) < 4.78 is 6.32. The van der Waals surface area contributed by atoms with E-state index < -0.39 is 0 Å². The lowest BCUT2D eigenvalue weighted by atomic mass is 10.2. The van der Waals surface area contributed by atoms with Crippen LogP contribution in [0, 0.1) is 0 Å². The molecule has 2 aromatic carbocycles. The molecule has 4 aromatic rings. The fourth-order valence-electron chi connectivity index (χ4n) is 3.14. The van der Waals surface area contributed by atoms with Gasteiger partial charge in [-0.05, 0) is 54.1 Å². The second kappa shape index (κ2) is 9.49. The summed E-state index contributed by atoms with van der Waals surface area (Å²) in [5, 5.41) is 1.15. The number of carbonyl (C=O) groups is 1. The van der Waals surface area contributed by atoms with E-state index in [0.717, 1.165) is 26.4 Å². The first-order chi connectivity index (χ1) is 15.0. The molecule has 0 spiro atoms. The van der Waals surface area contributed by atoms with Gasteiger partial charge in [0.2, 0.25) is 0 Å². The lowest BCUT2D eigenvalue weighted by molar-refractivity contribution is 0.0985. The van der Waals surface area contributed by atoms with E-state index in [1.165, 1.54) is 11.3 Å². The Bertz CT molecular complexity index is 1170. The van der Waals surface area contributed by atoms with Crippen molar-refractivity contribution in [3.63, 3.8) is 0 Å². The second-order valence-electron chi connectivity index (χ2n) is 7.27. The normalized spacial score (nSPS) is 11.1. The van der Waals surface area contributed by atoms with E-state index in [4.69, 9.17) is 9.72 Å². The first kappa shape index (κ1) is 21.3. The van der Waals surface area contributed by atoms with Crippen molar-refractivity contribution in [3.05, 3.63) is 78.1 Å². The first-order valence-corrected chi connectivity index (χ1v) is 11.6. The van der Waals surface area contributed by atoms with E-state index in [2.05, 4.69) is 18.8 Å². The fraction of sp³-hybridized carbons (Fsp3) is 0.208. The summed E-state index contributed by atoms with van der Waals surface area (Å²) in [6.07, 6.45) is 3.47.